The Labute approximate surface area is 230 Å². The lowest BCUT2D eigenvalue weighted by Gasteiger charge is -2.26. The van der Waals surface area contributed by atoms with Crippen LogP contribution < -0.4 is 4.74 Å². The SMILES string of the molecule is CCCC(O)=C1C(=O)CC(c2ccccc2)CC1=NCCc1c(C)[nH]c2ccc(OCc3ccccc3)cc12. The van der Waals surface area contributed by atoms with Crippen LogP contribution in [0.25, 0.3) is 10.9 Å². The number of rotatable bonds is 9. The lowest BCUT2D eigenvalue weighted by Crippen LogP contribution is -2.27. The van der Waals surface area contributed by atoms with Crippen LogP contribution in [0.5, 0.6) is 5.75 Å². The van der Waals surface area contributed by atoms with Gasteiger partial charge in [0.05, 0.1) is 5.57 Å². The highest BCUT2D eigenvalue weighted by molar-refractivity contribution is 6.24. The van der Waals surface area contributed by atoms with Gasteiger partial charge in [-0.2, -0.15) is 0 Å². The van der Waals surface area contributed by atoms with Gasteiger partial charge < -0.3 is 14.8 Å². The van der Waals surface area contributed by atoms with Gasteiger partial charge >= 0.3 is 0 Å². The van der Waals surface area contributed by atoms with Crippen LogP contribution in [0.2, 0.25) is 0 Å². The number of benzene rings is 3. The monoisotopic (exact) mass is 520 g/mol. The number of aliphatic hydroxyl groups excluding tert-OH is 1. The molecule has 39 heavy (non-hydrogen) atoms. The molecule has 0 amide bonds. The van der Waals surface area contributed by atoms with Gasteiger partial charge in [0, 0.05) is 41.7 Å². The summed E-state index contributed by atoms with van der Waals surface area (Å²) in [5, 5.41) is 11.9. The zero-order valence-electron chi connectivity index (χ0n) is 22.7. The number of nitrogens with one attached hydrogen (secondary N) is 1. The second-order valence-corrected chi connectivity index (χ2v) is 10.3. The number of Topliss-reactive ketones (excluding diaryl/α,β-unsaturated/α-hetero) is 1. The molecule has 0 radical (unpaired) electrons. The molecule has 0 bridgehead atoms. The minimum atomic E-state index is -0.0108. The van der Waals surface area contributed by atoms with E-state index in [-0.39, 0.29) is 17.5 Å². The second-order valence-electron chi connectivity index (χ2n) is 10.3. The van der Waals surface area contributed by atoms with Gasteiger partial charge in [0.1, 0.15) is 18.1 Å². The number of nitrogens with zero attached hydrogens (tertiary/aromatic N) is 1. The first-order chi connectivity index (χ1) is 19.0. The summed E-state index contributed by atoms with van der Waals surface area (Å²) in [6.07, 6.45) is 3.05. The number of carbonyl (C=O) groups is 1. The van der Waals surface area contributed by atoms with Crippen molar-refractivity contribution in [2.75, 3.05) is 6.54 Å². The van der Waals surface area contributed by atoms with Crippen molar-refractivity contribution in [3.63, 3.8) is 0 Å². The summed E-state index contributed by atoms with van der Waals surface area (Å²) in [7, 11) is 0. The minimum absolute atomic E-state index is 0.0108. The number of hydrogen-bond donors (Lipinski definition) is 2. The molecule has 4 aromatic rings. The Morgan fingerprint density at radius 2 is 1.77 bits per heavy atom. The first-order valence-electron chi connectivity index (χ1n) is 13.8. The Balaban J connectivity index is 1.37. The maximum atomic E-state index is 13.2. The largest absolute Gasteiger partial charge is 0.511 e. The van der Waals surface area contributed by atoms with E-state index in [1.54, 1.807) is 0 Å². The molecule has 1 atom stereocenters. The first kappa shape index (κ1) is 26.5. The van der Waals surface area contributed by atoms with E-state index < -0.39 is 0 Å². The molecule has 2 N–H and O–H groups in total. The van der Waals surface area contributed by atoms with Gasteiger partial charge in [0.25, 0.3) is 0 Å². The fourth-order valence-electron chi connectivity index (χ4n) is 5.51. The molecule has 1 aliphatic rings. The van der Waals surface area contributed by atoms with Crippen molar-refractivity contribution in [2.24, 2.45) is 4.99 Å². The number of aliphatic hydroxyl groups is 1. The van der Waals surface area contributed by atoms with Crippen LogP contribution in [0, 0.1) is 6.92 Å². The number of fused-ring (bicyclic) bond motifs is 1. The predicted octanol–water partition coefficient (Wildman–Crippen LogP) is 7.80. The van der Waals surface area contributed by atoms with Crippen molar-refractivity contribution in [3.05, 3.63) is 113 Å². The van der Waals surface area contributed by atoms with Crippen LogP contribution >= 0.6 is 0 Å². The summed E-state index contributed by atoms with van der Waals surface area (Å²) in [5.41, 5.74) is 6.82. The molecule has 1 aromatic heterocycles. The minimum Gasteiger partial charge on any atom is -0.511 e. The number of ketones is 1. The number of allylic oxidation sites excluding steroid dienone is 2. The highest BCUT2D eigenvalue weighted by atomic mass is 16.5. The van der Waals surface area contributed by atoms with Crippen molar-refractivity contribution in [3.8, 4) is 5.75 Å². The average Bonchev–Trinajstić information content (AvgIpc) is 3.27. The summed E-state index contributed by atoms with van der Waals surface area (Å²) < 4.78 is 6.08. The van der Waals surface area contributed by atoms with Crippen LogP contribution in [0.1, 0.15) is 60.9 Å². The predicted molar refractivity (Wildman–Crippen MR) is 158 cm³/mol. The highest BCUT2D eigenvalue weighted by Crippen LogP contribution is 2.34. The Morgan fingerprint density at radius 1 is 1.03 bits per heavy atom. The van der Waals surface area contributed by atoms with Crippen molar-refractivity contribution in [2.45, 2.75) is 58.5 Å². The fraction of sp³-hybridized carbons (Fsp3) is 0.294. The van der Waals surface area contributed by atoms with E-state index in [0.717, 1.165) is 52.0 Å². The van der Waals surface area contributed by atoms with Crippen molar-refractivity contribution >= 4 is 22.4 Å². The zero-order valence-corrected chi connectivity index (χ0v) is 22.7. The van der Waals surface area contributed by atoms with Gasteiger partial charge in [0.15, 0.2) is 5.78 Å². The number of aromatic nitrogens is 1. The summed E-state index contributed by atoms with van der Waals surface area (Å²) in [6, 6.07) is 26.5. The van der Waals surface area contributed by atoms with Crippen LogP contribution in [0.15, 0.2) is 95.2 Å². The van der Waals surface area contributed by atoms with E-state index in [9.17, 15) is 9.90 Å². The van der Waals surface area contributed by atoms with Crippen LogP contribution in [0.3, 0.4) is 0 Å². The molecule has 0 spiro atoms. The Bertz CT molecular complexity index is 1500. The normalized spacial score (nSPS) is 18.1. The van der Waals surface area contributed by atoms with E-state index >= 15 is 0 Å². The van der Waals surface area contributed by atoms with Crippen LogP contribution in [0.4, 0.5) is 0 Å². The third-order valence-electron chi connectivity index (χ3n) is 7.49. The maximum absolute atomic E-state index is 13.2. The Hall–Kier alpha value is -4.12. The molecule has 1 fully saturated rings. The molecule has 0 aliphatic heterocycles. The van der Waals surface area contributed by atoms with E-state index in [1.165, 1.54) is 5.56 Å². The molecule has 1 saturated carbocycles. The molecular weight excluding hydrogens is 484 g/mol. The first-order valence-corrected chi connectivity index (χ1v) is 13.8. The van der Waals surface area contributed by atoms with Crippen molar-refractivity contribution in [1.29, 1.82) is 0 Å². The number of aliphatic imine (C=N–C) groups is 1. The molecule has 5 heteroatoms. The summed E-state index contributed by atoms with van der Waals surface area (Å²) in [6.45, 7) is 5.15. The number of carbonyl (C=O) groups excluding carboxylic acids is 1. The molecule has 3 aromatic carbocycles. The van der Waals surface area contributed by atoms with Gasteiger partial charge in [-0.3, -0.25) is 9.79 Å². The molecule has 200 valence electrons. The Kier molecular flexibility index (Phi) is 8.26. The van der Waals surface area contributed by atoms with Gasteiger partial charge in [-0.05, 0) is 67.0 Å². The lowest BCUT2D eigenvalue weighted by atomic mass is 9.78. The van der Waals surface area contributed by atoms with E-state index in [0.29, 0.717) is 38.0 Å². The van der Waals surface area contributed by atoms with Gasteiger partial charge in [-0.1, -0.05) is 67.6 Å². The molecule has 1 heterocycles. The number of aromatic amines is 1. The molecule has 1 aliphatic carbocycles. The summed E-state index contributed by atoms with van der Waals surface area (Å²) >= 11 is 0. The third-order valence-corrected chi connectivity index (χ3v) is 7.49. The summed E-state index contributed by atoms with van der Waals surface area (Å²) in [4.78, 5) is 21.6. The standard InChI is InChI=1S/C34H36N2O3/c1-3-10-32(37)34-31(19-26(20-33(34)38)25-13-8-5-9-14-25)35-18-17-28-23(2)36-30-16-15-27(21-29(28)30)39-22-24-11-6-4-7-12-24/h4-9,11-16,21,26,36-37H,3,10,17-20,22H2,1-2H3. The van der Waals surface area contributed by atoms with E-state index in [4.69, 9.17) is 9.73 Å². The molecular formula is C34H36N2O3. The smallest absolute Gasteiger partial charge is 0.168 e. The van der Waals surface area contributed by atoms with Gasteiger partial charge in [-0.25, -0.2) is 0 Å². The topological polar surface area (TPSA) is 74.7 Å². The lowest BCUT2D eigenvalue weighted by molar-refractivity contribution is -0.116. The number of aryl methyl sites for hydroxylation is 1. The van der Waals surface area contributed by atoms with Crippen molar-refractivity contribution < 1.29 is 14.6 Å². The molecule has 5 nitrogen and oxygen atoms in total. The number of H-pyrrole nitrogens is 1. The number of ether oxygens (including phenoxy) is 1. The van der Waals surface area contributed by atoms with Gasteiger partial charge in [0.2, 0.25) is 0 Å². The third kappa shape index (κ3) is 6.14. The Morgan fingerprint density at radius 3 is 2.51 bits per heavy atom. The van der Waals surface area contributed by atoms with Crippen molar-refractivity contribution in [1.82, 2.24) is 4.98 Å². The number of hydrogen-bond acceptors (Lipinski definition) is 4. The highest BCUT2D eigenvalue weighted by Gasteiger charge is 2.32. The van der Waals surface area contributed by atoms with Crippen LogP contribution in [-0.2, 0) is 17.8 Å². The van der Waals surface area contributed by atoms with Gasteiger partial charge in [-0.15, -0.1) is 0 Å². The van der Waals surface area contributed by atoms with E-state index in [1.807, 2.05) is 49.4 Å². The maximum Gasteiger partial charge on any atom is 0.168 e. The second kappa shape index (κ2) is 12.2. The average molecular weight is 521 g/mol. The molecule has 1 unspecified atom stereocenters. The van der Waals surface area contributed by atoms with Crippen LogP contribution in [-0.4, -0.2) is 28.1 Å². The molecule has 5 rings (SSSR count). The summed E-state index contributed by atoms with van der Waals surface area (Å²) in [5.74, 6) is 1.07. The molecule has 0 saturated heterocycles. The quantitative estimate of drug-likeness (QED) is 0.175. The van der Waals surface area contributed by atoms with E-state index in [2.05, 4.69) is 48.3 Å². The fourth-order valence-corrected chi connectivity index (χ4v) is 5.51. The zero-order chi connectivity index (χ0) is 27.2.